The number of aromatic nitrogens is 2. The molecule has 0 radical (unpaired) electrons. The van der Waals surface area contributed by atoms with Crippen LogP contribution in [0.3, 0.4) is 0 Å². The Morgan fingerprint density at radius 3 is 2.58 bits per heavy atom. The van der Waals surface area contributed by atoms with Crippen LogP contribution in [-0.4, -0.2) is 37.2 Å². The Hall–Kier alpha value is -1.88. The zero-order valence-electron chi connectivity index (χ0n) is 11.7. The lowest BCUT2D eigenvalue weighted by Crippen LogP contribution is -2.23. The van der Waals surface area contributed by atoms with Gasteiger partial charge in [0.05, 0.1) is 5.56 Å². The van der Waals surface area contributed by atoms with Gasteiger partial charge in [-0.3, -0.25) is 0 Å². The van der Waals surface area contributed by atoms with E-state index in [1.807, 2.05) is 33.2 Å². The number of rotatable bonds is 6. The number of nitrogens with one attached hydrogen (secondary N) is 1. The third kappa shape index (κ3) is 3.54. The second-order valence-corrected chi connectivity index (χ2v) is 4.56. The largest absolute Gasteiger partial charge is 0.461 e. The second kappa shape index (κ2) is 6.33. The minimum absolute atomic E-state index is 0.739. The minimum atomic E-state index is 0.739. The molecule has 0 saturated heterocycles. The third-order valence-electron chi connectivity index (χ3n) is 2.92. The zero-order chi connectivity index (χ0) is 13.7. The summed E-state index contributed by atoms with van der Waals surface area (Å²) in [6.07, 6.45) is 4.67. The molecule has 2 aromatic heterocycles. The highest BCUT2D eigenvalue weighted by atomic mass is 16.3. The Morgan fingerprint density at radius 1 is 1.26 bits per heavy atom. The van der Waals surface area contributed by atoms with Gasteiger partial charge in [0.2, 0.25) is 5.95 Å². The van der Waals surface area contributed by atoms with Crippen molar-refractivity contribution in [2.75, 3.05) is 32.1 Å². The summed E-state index contributed by atoms with van der Waals surface area (Å²) in [5.41, 5.74) is 0.903. The Labute approximate surface area is 113 Å². The average molecular weight is 260 g/mol. The molecule has 0 aromatic carbocycles. The van der Waals surface area contributed by atoms with Crippen LogP contribution in [0.1, 0.15) is 12.2 Å². The van der Waals surface area contributed by atoms with Crippen LogP contribution in [-0.2, 0) is 0 Å². The Morgan fingerprint density at radius 2 is 2.00 bits per heavy atom. The lowest BCUT2D eigenvalue weighted by molar-refractivity contribution is 0.548. The molecule has 1 N–H and O–H groups in total. The van der Waals surface area contributed by atoms with Crippen molar-refractivity contribution >= 4 is 5.95 Å². The number of anilines is 1. The van der Waals surface area contributed by atoms with Gasteiger partial charge in [0.25, 0.3) is 0 Å². The van der Waals surface area contributed by atoms with E-state index in [9.17, 15) is 0 Å². The van der Waals surface area contributed by atoms with Gasteiger partial charge in [-0.2, -0.15) is 0 Å². The molecule has 5 heteroatoms. The van der Waals surface area contributed by atoms with E-state index in [0.717, 1.165) is 42.5 Å². The minimum Gasteiger partial charge on any atom is -0.461 e. The van der Waals surface area contributed by atoms with Crippen molar-refractivity contribution < 1.29 is 4.42 Å². The van der Waals surface area contributed by atoms with Gasteiger partial charge in [-0.05, 0) is 39.1 Å². The fraction of sp³-hybridized carbons (Fsp3) is 0.429. The van der Waals surface area contributed by atoms with Crippen molar-refractivity contribution in [3.63, 3.8) is 0 Å². The van der Waals surface area contributed by atoms with E-state index in [1.54, 1.807) is 12.4 Å². The molecule has 0 atom stereocenters. The lowest BCUT2D eigenvalue weighted by Gasteiger charge is -2.16. The van der Waals surface area contributed by atoms with Crippen molar-refractivity contribution in [3.8, 4) is 11.3 Å². The molecule has 0 amide bonds. The summed E-state index contributed by atoms with van der Waals surface area (Å²) in [5.74, 6) is 2.44. The van der Waals surface area contributed by atoms with Crippen LogP contribution < -0.4 is 10.2 Å². The van der Waals surface area contributed by atoms with Crippen LogP contribution in [0.5, 0.6) is 0 Å². The molecule has 0 aliphatic rings. The Balaban J connectivity index is 2.01. The van der Waals surface area contributed by atoms with E-state index in [-0.39, 0.29) is 0 Å². The normalized spacial score (nSPS) is 10.7. The molecule has 0 fully saturated rings. The quantitative estimate of drug-likeness (QED) is 0.806. The summed E-state index contributed by atoms with van der Waals surface area (Å²) in [6, 6.07) is 3.87. The number of hydrogen-bond acceptors (Lipinski definition) is 5. The van der Waals surface area contributed by atoms with E-state index in [0.29, 0.717) is 0 Å². The fourth-order valence-electron chi connectivity index (χ4n) is 1.83. The molecule has 102 valence electrons. The summed E-state index contributed by atoms with van der Waals surface area (Å²) in [6.45, 7) is 3.85. The maximum atomic E-state index is 5.55. The smallest absolute Gasteiger partial charge is 0.225 e. The number of aryl methyl sites for hydroxylation is 1. The van der Waals surface area contributed by atoms with Gasteiger partial charge < -0.3 is 14.6 Å². The third-order valence-corrected chi connectivity index (χ3v) is 2.92. The molecule has 0 aliphatic carbocycles. The van der Waals surface area contributed by atoms with Gasteiger partial charge >= 0.3 is 0 Å². The average Bonchev–Trinajstić information content (AvgIpc) is 2.86. The van der Waals surface area contributed by atoms with Gasteiger partial charge in [0.15, 0.2) is 0 Å². The van der Waals surface area contributed by atoms with E-state index in [1.165, 1.54) is 0 Å². The van der Waals surface area contributed by atoms with Crippen LogP contribution in [0.2, 0.25) is 0 Å². The molecule has 0 aliphatic heterocycles. The molecule has 5 nitrogen and oxygen atoms in total. The van der Waals surface area contributed by atoms with Crippen LogP contribution >= 0.6 is 0 Å². The predicted molar refractivity (Wildman–Crippen MR) is 76.3 cm³/mol. The maximum absolute atomic E-state index is 5.55. The van der Waals surface area contributed by atoms with Crippen LogP contribution in [0.15, 0.2) is 28.9 Å². The molecule has 2 aromatic rings. The van der Waals surface area contributed by atoms with Crippen molar-refractivity contribution in [2.45, 2.75) is 13.3 Å². The fourth-order valence-corrected chi connectivity index (χ4v) is 1.83. The molecule has 2 heterocycles. The van der Waals surface area contributed by atoms with Gasteiger partial charge in [0, 0.05) is 26.0 Å². The van der Waals surface area contributed by atoms with Crippen molar-refractivity contribution in [1.29, 1.82) is 0 Å². The first kappa shape index (κ1) is 13.5. The maximum Gasteiger partial charge on any atom is 0.225 e. The van der Waals surface area contributed by atoms with E-state index < -0.39 is 0 Å². The second-order valence-electron chi connectivity index (χ2n) is 4.56. The summed E-state index contributed by atoms with van der Waals surface area (Å²) < 4.78 is 5.55. The molecule has 0 saturated carbocycles. The first-order chi connectivity index (χ1) is 9.20. The monoisotopic (exact) mass is 260 g/mol. The molecule has 0 bridgehead atoms. The highest BCUT2D eigenvalue weighted by Crippen LogP contribution is 2.21. The number of furan rings is 1. The van der Waals surface area contributed by atoms with Crippen molar-refractivity contribution in [1.82, 2.24) is 15.3 Å². The molecule has 0 spiro atoms. The Kier molecular flexibility index (Phi) is 4.52. The van der Waals surface area contributed by atoms with Gasteiger partial charge in [-0.1, -0.05) is 0 Å². The number of hydrogen-bond donors (Lipinski definition) is 1. The molecule has 2 rings (SSSR count). The van der Waals surface area contributed by atoms with Crippen LogP contribution in [0, 0.1) is 6.92 Å². The lowest BCUT2D eigenvalue weighted by atomic mass is 10.3. The molecule has 0 unspecified atom stereocenters. The van der Waals surface area contributed by atoms with Crippen LogP contribution in [0.4, 0.5) is 5.95 Å². The Bertz CT molecular complexity index is 506. The van der Waals surface area contributed by atoms with E-state index in [2.05, 4.69) is 20.2 Å². The number of nitrogens with zero attached hydrogens (tertiary/aromatic N) is 3. The highest BCUT2D eigenvalue weighted by Gasteiger charge is 2.07. The van der Waals surface area contributed by atoms with Gasteiger partial charge in [-0.15, -0.1) is 0 Å². The van der Waals surface area contributed by atoms with Gasteiger partial charge in [-0.25, -0.2) is 9.97 Å². The summed E-state index contributed by atoms with van der Waals surface area (Å²) in [5, 5.41) is 3.13. The van der Waals surface area contributed by atoms with Crippen LogP contribution in [0.25, 0.3) is 11.3 Å². The summed E-state index contributed by atoms with van der Waals surface area (Å²) in [7, 11) is 3.96. The topological polar surface area (TPSA) is 54.2 Å². The zero-order valence-corrected chi connectivity index (χ0v) is 11.7. The predicted octanol–water partition coefficient (Wildman–Crippen LogP) is 2.09. The standard InChI is InChI=1S/C14H20N4O/c1-11-5-6-13(19-11)12-9-16-14(17-10-12)18(3)8-4-7-15-2/h5-6,9-10,15H,4,7-8H2,1-3H3. The SMILES string of the molecule is CNCCCN(C)c1ncc(-c2ccc(C)o2)cn1. The highest BCUT2D eigenvalue weighted by molar-refractivity contribution is 5.55. The molecular formula is C14H20N4O. The van der Waals surface area contributed by atoms with Crippen molar-refractivity contribution in [3.05, 3.63) is 30.3 Å². The van der Waals surface area contributed by atoms with E-state index in [4.69, 9.17) is 4.42 Å². The van der Waals surface area contributed by atoms with E-state index >= 15 is 0 Å². The first-order valence-electron chi connectivity index (χ1n) is 6.45. The molecule has 19 heavy (non-hydrogen) atoms. The summed E-state index contributed by atoms with van der Waals surface area (Å²) in [4.78, 5) is 10.8. The van der Waals surface area contributed by atoms with Crippen molar-refractivity contribution in [2.24, 2.45) is 0 Å². The molecular weight excluding hydrogens is 240 g/mol. The summed E-state index contributed by atoms with van der Waals surface area (Å²) >= 11 is 0. The first-order valence-corrected chi connectivity index (χ1v) is 6.45. The van der Waals surface area contributed by atoms with Gasteiger partial charge in [0.1, 0.15) is 11.5 Å².